The van der Waals surface area contributed by atoms with Crippen molar-refractivity contribution in [3.8, 4) is 45.1 Å². The van der Waals surface area contributed by atoms with Gasteiger partial charge >= 0.3 is 0 Å². The summed E-state index contributed by atoms with van der Waals surface area (Å²) in [4.78, 5) is 4.78. The monoisotopic (exact) mass is 441 g/mol. The number of methoxy groups -OCH3 is 2. The van der Waals surface area contributed by atoms with Crippen LogP contribution in [0, 0.1) is 0 Å². The van der Waals surface area contributed by atoms with Crippen molar-refractivity contribution in [2.75, 3.05) is 14.2 Å². The third kappa shape index (κ3) is 3.37. The molecule has 2 heterocycles. The number of hydrogen-bond donors (Lipinski definition) is 0. The number of rotatable bonds is 5. The molecule has 0 bridgehead atoms. The fourth-order valence-electron chi connectivity index (χ4n) is 3.85. The predicted molar refractivity (Wildman–Crippen MR) is 127 cm³/mol. The number of hydrogen-bond acceptors (Lipinski definition) is 4. The smallest absolute Gasteiger partial charge is 0.227 e. The Balaban J connectivity index is 1.84. The van der Waals surface area contributed by atoms with Gasteiger partial charge in [-0.3, -0.25) is 0 Å². The zero-order valence-corrected chi connectivity index (χ0v) is 18.4. The molecule has 0 unspecified atom stereocenters. The van der Waals surface area contributed by atoms with E-state index in [1.54, 1.807) is 18.7 Å². The van der Waals surface area contributed by atoms with Gasteiger partial charge < -0.3 is 9.47 Å². The van der Waals surface area contributed by atoms with Crippen LogP contribution >= 0.6 is 11.6 Å². The van der Waals surface area contributed by atoms with Gasteiger partial charge in [-0.05, 0) is 23.3 Å². The van der Waals surface area contributed by atoms with Crippen LogP contribution in [0.15, 0.2) is 84.9 Å². The van der Waals surface area contributed by atoms with E-state index in [1.807, 2.05) is 84.9 Å². The summed E-state index contributed by atoms with van der Waals surface area (Å²) in [6.07, 6.45) is 0. The molecule has 0 saturated carbocycles. The first-order chi connectivity index (χ1) is 15.7. The molecule has 0 atom stereocenters. The van der Waals surface area contributed by atoms with Gasteiger partial charge in [0.2, 0.25) is 5.88 Å². The Kier molecular flexibility index (Phi) is 5.25. The van der Waals surface area contributed by atoms with E-state index >= 15 is 0 Å². The summed E-state index contributed by atoms with van der Waals surface area (Å²) >= 11 is 6.75. The van der Waals surface area contributed by atoms with Crippen LogP contribution < -0.4 is 9.47 Å². The Morgan fingerprint density at radius 2 is 1.28 bits per heavy atom. The number of benzene rings is 3. The van der Waals surface area contributed by atoms with Gasteiger partial charge in [-0.2, -0.15) is 9.61 Å². The van der Waals surface area contributed by atoms with Gasteiger partial charge in [0.25, 0.3) is 0 Å². The molecule has 5 rings (SSSR count). The fourth-order valence-corrected chi connectivity index (χ4v) is 4.12. The maximum absolute atomic E-state index is 6.75. The summed E-state index contributed by atoms with van der Waals surface area (Å²) in [7, 11) is 3.25. The quantitative estimate of drug-likeness (QED) is 0.296. The van der Waals surface area contributed by atoms with Gasteiger partial charge in [0.15, 0.2) is 5.65 Å². The minimum atomic E-state index is 0.344. The van der Waals surface area contributed by atoms with Crippen molar-refractivity contribution in [2.24, 2.45) is 0 Å². The fraction of sp³-hybridized carbons (Fsp3) is 0.0769. The number of halogens is 1. The van der Waals surface area contributed by atoms with E-state index < -0.39 is 0 Å². The number of ether oxygens (including phenoxy) is 2. The van der Waals surface area contributed by atoms with E-state index in [9.17, 15) is 0 Å². The summed E-state index contributed by atoms with van der Waals surface area (Å²) in [6, 6.07) is 27.7. The largest absolute Gasteiger partial charge is 0.497 e. The van der Waals surface area contributed by atoms with Gasteiger partial charge in [-0.15, -0.1) is 0 Å². The predicted octanol–water partition coefficient (Wildman–Crippen LogP) is 6.40. The Bertz CT molecular complexity index is 1380. The number of fused-ring (bicyclic) bond motifs is 1. The highest BCUT2D eigenvalue weighted by molar-refractivity contribution is 6.32. The summed E-state index contributed by atoms with van der Waals surface area (Å²) in [5, 5.41) is 5.28. The Hall–Kier alpha value is -3.83. The number of nitrogens with zero attached hydrogens (tertiary/aromatic N) is 3. The maximum Gasteiger partial charge on any atom is 0.227 e. The Morgan fingerprint density at radius 1 is 0.688 bits per heavy atom. The van der Waals surface area contributed by atoms with Crippen LogP contribution in [-0.4, -0.2) is 28.8 Å². The van der Waals surface area contributed by atoms with E-state index in [0.717, 1.165) is 33.7 Å². The molecule has 5 nitrogen and oxygen atoms in total. The molecule has 32 heavy (non-hydrogen) atoms. The van der Waals surface area contributed by atoms with Crippen LogP contribution in [0.3, 0.4) is 0 Å². The average Bonchev–Trinajstić information content (AvgIpc) is 3.23. The lowest BCUT2D eigenvalue weighted by Gasteiger charge is -2.12. The molecule has 0 amide bonds. The first-order valence-corrected chi connectivity index (χ1v) is 10.5. The van der Waals surface area contributed by atoms with Crippen LogP contribution in [0.2, 0.25) is 5.15 Å². The molecule has 6 heteroatoms. The first kappa shape index (κ1) is 20.1. The summed E-state index contributed by atoms with van der Waals surface area (Å²) < 4.78 is 12.8. The molecular weight excluding hydrogens is 422 g/mol. The van der Waals surface area contributed by atoms with Crippen molar-refractivity contribution in [1.29, 1.82) is 0 Å². The van der Waals surface area contributed by atoms with Gasteiger partial charge in [-0.1, -0.05) is 84.4 Å². The van der Waals surface area contributed by atoms with Crippen LogP contribution in [0.1, 0.15) is 0 Å². The molecule has 0 aliphatic heterocycles. The lowest BCUT2D eigenvalue weighted by atomic mass is 10.0. The van der Waals surface area contributed by atoms with Gasteiger partial charge in [-0.25, -0.2) is 4.98 Å². The Labute approximate surface area is 190 Å². The zero-order valence-electron chi connectivity index (χ0n) is 17.6. The highest BCUT2D eigenvalue weighted by Crippen LogP contribution is 2.41. The van der Waals surface area contributed by atoms with E-state index in [1.165, 1.54) is 0 Å². The van der Waals surface area contributed by atoms with Crippen molar-refractivity contribution in [1.82, 2.24) is 14.6 Å². The number of aromatic nitrogens is 3. The van der Waals surface area contributed by atoms with Crippen molar-refractivity contribution in [3.05, 3.63) is 90.1 Å². The van der Waals surface area contributed by atoms with Crippen molar-refractivity contribution >= 4 is 17.2 Å². The lowest BCUT2D eigenvalue weighted by molar-refractivity contribution is 0.387. The molecule has 0 aliphatic rings. The summed E-state index contributed by atoms with van der Waals surface area (Å²) in [5.41, 5.74) is 5.87. The molecule has 3 aromatic carbocycles. The zero-order chi connectivity index (χ0) is 22.1. The van der Waals surface area contributed by atoms with Crippen LogP contribution in [-0.2, 0) is 0 Å². The molecule has 0 spiro atoms. The van der Waals surface area contributed by atoms with Crippen molar-refractivity contribution < 1.29 is 9.47 Å². The minimum Gasteiger partial charge on any atom is -0.497 e. The second-order valence-corrected chi connectivity index (χ2v) is 7.56. The third-order valence-electron chi connectivity index (χ3n) is 5.36. The molecule has 158 valence electrons. The first-order valence-electron chi connectivity index (χ1n) is 10.1. The minimum absolute atomic E-state index is 0.344. The topological polar surface area (TPSA) is 48.7 Å². The van der Waals surface area contributed by atoms with Crippen molar-refractivity contribution in [2.45, 2.75) is 0 Å². The second kappa shape index (κ2) is 8.36. The molecule has 0 fully saturated rings. The highest BCUT2D eigenvalue weighted by Gasteiger charge is 2.24. The molecular formula is C26H20ClN3O2. The van der Waals surface area contributed by atoms with Gasteiger partial charge in [0, 0.05) is 5.56 Å². The third-order valence-corrected chi connectivity index (χ3v) is 5.63. The van der Waals surface area contributed by atoms with E-state index in [-0.39, 0.29) is 0 Å². The van der Waals surface area contributed by atoms with Gasteiger partial charge in [0.1, 0.15) is 16.6 Å². The SMILES string of the molecule is COc1ccc(-c2c(Cl)nc3c(-c4ccccc4)c(-c4ccccc4)nn3c2OC)cc1. The molecule has 0 radical (unpaired) electrons. The van der Waals surface area contributed by atoms with Gasteiger partial charge in [0.05, 0.1) is 25.3 Å². The summed E-state index contributed by atoms with van der Waals surface area (Å²) in [5.74, 6) is 1.28. The summed E-state index contributed by atoms with van der Waals surface area (Å²) in [6.45, 7) is 0. The second-order valence-electron chi connectivity index (χ2n) is 7.21. The molecule has 0 N–H and O–H groups in total. The molecule has 0 aliphatic carbocycles. The molecule has 2 aromatic heterocycles. The molecule has 0 saturated heterocycles. The Morgan fingerprint density at radius 3 is 1.88 bits per heavy atom. The maximum atomic E-state index is 6.75. The van der Waals surface area contributed by atoms with E-state index in [4.69, 9.17) is 31.2 Å². The van der Waals surface area contributed by atoms with Crippen LogP contribution in [0.4, 0.5) is 0 Å². The average molecular weight is 442 g/mol. The normalized spacial score (nSPS) is 11.0. The van der Waals surface area contributed by atoms with E-state index in [0.29, 0.717) is 22.2 Å². The highest BCUT2D eigenvalue weighted by atomic mass is 35.5. The van der Waals surface area contributed by atoms with Crippen LogP contribution in [0.5, 0.6) is 11.6 Å². The molecule has 5 aromatic rings. The van der Waals surface area contributed by atoms with E-state index in [2.05, 4.69) is 0 Å². The van der Waals surface area contributed by atoms with Crippen LogP contribution in [0.25, 0.3) is 39.2 Å². The standard InChI is InChI=1S/C26H20ClN3O2/c1-31-20-15-13-18(14-16-20)22-24(27)28-25-21(17-9-5-3-6-10-17)23(19-11-7-4-8-12-19)29-30(25)26(22)32-2/h3-16H,1-2H3. The lowest BCUT2D eigenvalue weighted by Crippen LogP contribution is -2.02. The van der Waals surface area contributed by atoms with Crippen molar-refractivity contribution in [3.63, 3.8) is 0 Å².